The zero-order chi connectivity index (χ0) is 22.8. The monoisotopic (exact) mass is 417 g/mol. The number of aryl methyl sites for hydroxylation is 4. The van der Waals surface area contributed by atoms with Crippen LogP contribution in [-0.4, -0.2) is 7.28 Å². The molecule has 0 saturated carbocycles. The highest BCUT2D eigenvalue weighted by molar-refractivity contribution is 6.69. The lowest BCUT2D eigenvalue weighted by Crippen LogP contribution is -2.34. The van der Waals surface area contributed by atoms with Crippen LogP contribution in [0.25, 0.3) is 21.9 Å². The van der Waals surface area contributed by atoms with Crippen LogP contribution in [0.2, 0.25) is 0 Å². The van der Waals surface area contributed by atoms with Crippen molar-refractivity contribution in [3.63, 3.8) is 0 Å². The number of benzene rings is 4. The van der Waals surface area contributed by atoms with Crippen LogP contribution in [0.5, 0.6) is 0 Å². The van der Waals surface area contributed by atoms with Crippen molar-refractivity contribution in [3.8, 4) is 11.1 Å². The van der Waals surface area contributed by atoms with Gasteiger partial charge in [0.15, 0.2) is 7.28 Å². The molecule has 1 atom stereocenters. The van der Waals surface area contributed by atoms with Gasteiger partial charge in [-0.15, -0.1) is 0 Å². The van der Waals surface area contributed by atoms with Crippen molar-refractivity contribution < 1.29 is 0 Å². The molecule has 1 radical (unpaired) electrons. The van der Waals surface area contributed by atoms with E-state index < -0.39 is 0 Å². The summed E-state index contributed by atoms with van der Waals surface area (Å²) in [6.45, 7) is 13.6. The summed E-state index contributed by atoms with van der Waals surface area (Å²) in [6, 6.07) is 24.7. The van der Waals surface area contributed by atoms with Crippen LogP contribution in [0.15, 0.2) is 66.7 Å². The highest BCUT2D eigenvalue weighted by Crippen LogP contribution is 2.29. The second kappa shape index (κ2) is 9.37. The fraction of sp³-hybridized carbons (Fsp3) is 0.290. The van der Waals surface area contributed by atoms with Crippen molar-refractivity contribution in [1.29, 1.82) is 0 Å². The average molecular weight is 417 g/mol. The van der Waals surface area contributed by atoms with E-state index >= 15 is 0 Å². The summed E-state index contributed by atoms with van der Waals surface area (Å²) in [6.07, 6.45) is 2.39. The third-order valence-corrected chi connectivity index (χ3v) is 6.92. The van der Waals surface area contributed by atoms with Crippen molar-refractivity contribution in [3.05, 3.63) is 94.5 Å². The first-order valence-corrected chi connectivity index (χ1v) is 11.9. The van der Waals surface area contributed by atoms with E-state index in [0.29, 0.717) is 0 Å². The second-order valence-corrected chi connectivity index (χ2v) is 9.56. The number of hydrogen-bond acceptors (Lipinski definition) is 0. The first-order chi connectivity index (χ1) is 15.4. The lowest BCUT2D eigenvalue weighted by Gasteiger charge is -2.18. The normalized spacial score (nSPS) is 12.2. The Kier molecular flexibility index (Phi) is 6.56. The van der Waals surface area contributed by atoms with Gasteiger partial charge in [-0.05, 0) is 67.5 Å². The smallest absolute Gasteiger partial charge is 0.0757 e. The van der Waals surface area contributed by atoms with Gasteiger partial charge >= 0.3 is 0 Å². The Labute approximate surface area is 194 Å². The van der Waals surface area contributed by atoms with Gasteiger partial charge in [0.1, 0.15) is 0 Å². The van der Waals surface area contributed by atoms with Gasteiger partial charge in [0.2, 0.25) is 0 Å². The summed E-state index contributed by atoms with van der Waals surface area (Å²) in [5.41, 5.74) is 12.2. The van der Waals surface area contributed by atoms with E-state index in [2.05, 4.69) is 116 Å². The van der Waals surface area contributed by atoms with Crippen LogP contribution < -0.4 is 10.9 Å². The van der Waals surface area contributed by atoms with Crippen LogP contribution >= 0.6 is 0 Å². The second-order valence-electron chi connectivity index (χ2n) is 9.56. The van der Waals surface area contributed by atoms with Gasteiger partial charge in [-0.1, -0.05) is 120 Å². The predicted octanol–water partition coefficient (Wildman–Crippen LogP) is 6.98. The number of fused-ring (bicyclic) bond motifs is 1. The van der Waals surface area contributed by atoms with Crippen molar-refractivity contribution >= 4 is 29.0 Å². The quantitative estimate of drug-likeness (QED) is 0.297. The molecule has 0 heterocycles. The molecule has 0 aliphatic heterocycles. The molecule has 1 unspecified atom stereocenters. The molecule has 0 saturated heterocycles. The molecular formula is C31H34B. The van der Waals surface area contributed by atoms with Crippen molar-refractivity contribution in [2.24, 2.45) is 5.92 Å². The largest absolute Gasteiger partial charge is 0.192 e. The fourth-order valence-electron chi connectivity index (χ4n) is 4.94. The molecular weight excluding hydrogens is 383 g/mol. The van der Waals surface area contributed by atoms with Crippen LogP contribution in [0, 0.1) is 33.6 Å². The summed E-state index contributed by atoms with van der Waals surface area (Å²) in [4.78, 5) is 0. The molecule has 0 N–H and O–H groups in total. The molecule has 1 heteroatoms. The Morgan fingerprint density at radius 3 is 1.91 bits per heavy atom. The van der Waals surface area contributed by atoms with Crippen LogP contribution in [-0.2, 0) is 6.42 Å². The van der Waals surface area contributed by atoms with E-state index in [9.17, 15) is 0 Å². The van der Waals surface area contributed by atoms with Gasteiger partial charge in [0.25, 0.3) is 0 Å². The van der Waals surface area contributed by atoms with Crippen LogP contribution in [0.1, 0.15) is 48.1 Å². The molecule has 0 nitrogen and oxygen atoms in total. The maximum absolute atomic E-state index is 2.40. The standard InChI is InChI=1S/C31H34B/c1-7-20(2)15-25-16-21(3)30(22(4)17-25)32-31-23(5)18-27(19-24(31)6)29-14-10-12-26-11-8-9-13-28(26)29/h8-14,16-20H,7,15H2,1-6H3. The van der Waals surface area contributed by atoms with Gasteiger partial charge in [-0.25, -0.2) is 0 Å². The molecule has 0 aliphatic rings. The first-order valence-electron chi connectivity index (χ1n) is 11.9. The molecule has 4 rings (SSSR count). The minimum absolute atomic E-state index is 0.731. The Bertz CT molecular complexity index is 1210. The highest BCUT2D eigenvalue weighted by atomic mass is 14.1. The maximum atomic E-state index is 2.40. The minimum Gasteiger partial charge on any atom is -0.0757 e. The van der Waals surface area contributed by atoms with E-state index in [4.69, 9.17) is 0 Å². The maximum Gasteiger partial charge on any atom is 0.192 e. The number of hydrogen-bond donors (Lipinski definition) is 0. The van der Waals surface area contributed by atoms with Gasteiger partial charge in [-0.3, -0.25) is 0 Å². The molecule has 0 fully saturated rings. The van der Waals surface area contributed by atoms with Gasteiger partial charge in [0.05, 0.1) is 0 Å². The highest BCUT2D eigenvalue weighted by Gasteiger charge is 2.14. The first kappa shape index (κ1) is 22.4. The van der Waals surface area contributed by atoms with E-state index in [1.807, 2.05) is 0 Å². The van der Waals surface area contributed by atoms with Crippen molar-refractivity contribution in [2.75, 3.05) is 0 Å². The fourth-order valence-corrected chi connectivity index (χ4v) is 4.94. The summed E-state index contributed by atoms with van der Waals surface area (Å²) in [7, 11) is 2.40. The van der Waals surface area contributed by atoms with Crippen molar-refractivity contribution in [1.82, 2.24) is 0 Å². The Morgan fingerprint density at radius 1 is 0.719 bits per heavy atom. The minimum atomic E-state index is 0.731. The van der Waals surface area contributed by atoms with Crippen LogP contribution in [0.3, 0.4) is 0 Å². The van der Waals surface area contributed by atoms with Gasteiger partial charge in [0, 0.05) is 0 Å². The molecule has 0 spiro atoms. The zero-order valence-corrected chi connectivity index (χ0v) is 20.4. The van der Waals surface area contributed by atoms with E-state index in [1.54, 1.807) is 0 Å². The molecule has 0 amide bonds. The Hall–Kier alpha value is -2.80. The SMILES string of the molecule is CCC(C)Cc1cc(C)c([B]c2c(C)cc(-c3cccc4ccccc34)cc2C)c(C)c1. The van der Waals surface area contributed by atoms with Crippen molar-refractivity contribution in [2.45, 2.75) is 54.4 Å². The predicted molar refractivity (Wildman–Crippen MR) is 143 cm³/mol. The molecule has 161 valence electrons. The summed E-state index contributed by atoms with van der Waals surface area (Å²) in [5, 5.41) is 2.61. The van der Waals surface area contributed by atoms with Gasteiger partial charge < -0.3 is 0 Å². The Morgan fingerprint density at radius 2 is 1.28 bits per heavy atom. The third kappa shape index (κ3) is 4.53. The lowest BCUT2D eigenvalue weighted by atomic mass is 9.58. The topological polar surface area (TPSA) is 0 Å². The molecule has 0 aliphatic carbocycles. The lowest BCUT2D eigenvalue weighted by molar-refractivity contribution is 0.560. The van der Waals surface area contributed by atoms with Gasteiger partial charge in [-0.2, -0.15) is 0 Å². The molecule has 4 aromatic carbocycles. The average Bonchev–Trinajstić information content (AvgIpc) is 2.77. The number of rotatable bonds is 6. The summed E-state index contributed by atoms with van der Waals surface area (Å²) in [5.74, 6) is 0.731. The van der Waals surface area contributed by atoms with E-state index in [-0.39, 0.29) is 0 Å². The molecule has 0 bridgehead atoms. The summed E-state index contributed by atoms with van der Waals surface area (Å²) >= 11 is 0. The Balaban J connectivity index is 1.69. The van der Waals surface area contributed by atoms with E-state index in [1.165, 1.54) is 67.1 Å². The zero-order valence-electron chi connectivity index (χ0n) is 20.4. The molecule has 32 heavy (non-hydrogen) atoms. The van der Waals surface area contributed by atoms with Crippen LogP contribution in [0.4, 0.5) is 0 Å². The van der Waals surface area contributed by atoms with E-state index in [0.717, 1.165) is 12.3 Å². The summed E-state index contributed by atoms with van der Waals surface area (Å²) < 4.78 is 0. The third-order valence-electron chi connectivity index (χ3n) is 6.92. The molecule has 0 aromatic heterocycles. The molecule has 4 aromatic rings.